The van der Waals surface area contributed by atoms with Crippen molar-refractivity contribution in [3.8, 4) is 17.7 Å². The van der Waals surface area contributed by atoms with Crippen LogP contribution in [0, 0.1) is 23.5 Å². The standard InChI is InChI=1S/C16H9F2NO/c17-14-6-4-11(8-15(14)18)2-1-10-3-5-13-12(7-10)9-19-16(13)20/h3-9,19-20H. The first-order chi connectivity index (χ1) is 9.63. The lowest BCUT2D eigenvalue weighted by molar-refractivity contribution is 0.462. The van der Waals surface area contributed by atoms with Gasteiger partial charge in [-0.2, -0.15) is 0 Å². The number of aromatic hydroxyl groups is 1. The van der Waals surface area contributed by atoms with Gasteiger partial charge in [0.05, 0.1) is 0 Å². The molecule has 0 saturated heterocycles. The predicted octanol–water partition coefficient (Wildman–Crippen LogP) is 3.55. The Balaban J connectivity index is 1.96. The summed E-state index contributed by atoms with van der Waals surface area (Å²) in [5, 5.41) is 11.0. The lowest BCUT2D eigenvalue weighted by Crippen LogP contribution is -1.84. The van der Waals surface area contributed by atoms with Crippen molar-refractivity contribution in [1.29, 1.82) is 0 Å². The number of nitrogens with one attached hydrogen (secondary N) is 1. The van der Waals surface area contributed by atoms with Gasteiger partial charge in [-0.1, -0.05) is 11.8 Å². The van der Waals surface area contributed by atoms with Crippen LogP contribution in [0.4, 0.5) is 8.78 Å². The Morgan fingerprint density at radius 2 is 1.60 bits per heavy atom. The van der Waals surface area contributed by atoms with Crippen LogP contribution < -0.4 is 0 Å². The number of fused-ring (bicyclic) bond motifs is 1. The van der Waals surface area contributed by atoms with E-state index in [0.29, 0.717) is 10.9 Å². The monoisotopic (exact) mass is 269 g/mol. The fourth-order valence-electron chi connectivity index (χ4n) is 1.92. The summed E-state index contributed by atoms with van der Waals surface area (Å²) in [5.74, 6) is 3.95. The normalized spacial score (nSPS) is 10.3. The quantitative estimate of drug-likeness (QED) is 0.601. The van der Waals surface area contributed by atoms with Crippen molar-refractivity contribution in [3.05, 3.63) is 65.4 Å². The number of hydrogen-bond donors (Lipinski definition) is 2. The van der Waals surface area contributed by atoms with Crippen LogP contribution in [0.1, 0.15) is 11.1 Å². The molecule has 0 aliphatic carbocycles. The average Bonchev–Trinajstić information content (AvgIpc) is 2.81. The van der Waals surface area contributed by atoms with Crippen LogP contribution in [0.2, 0.25) is 0 Å². The summed E-state index contributed by atoms with van der Waals surface area (Å²) >= 11 is 0. The van der Waals surface area contributed by atoms with Gasteiger partial charge in [0.2, 0.25) is 0 Å². The molecule has 0 radical (unpaired) electrons. The Bertz CT molecular complexity index is 856. The molecule has 0 saturated carbocycles. The van der Waals surface area contributed by atoms with E-state index >= 15 is 0 Å². The molecule has 98 valence electrons. The Labute approximate surface area is 113 Å². The molecule has 1 heterocycles. The number of H-pyrrole nitrogens is 1. The smallest absolute Gasteiger partial charge is 0.196 e. The summed E-state index contributed by atoms with van der Waals surface area (Å²) < 4.78 is 25.8. The fourth-order valence-corrected chi connectivity index (χ4v) is 1.92. The zero-order valence-corrected chi connectivity index (χ0v) is 10.2. The van der Waals surface area contributed by atoms with E-state index in [1.807, 2.05) is 0 Å². The molecule has 3 aromatic rings. The molecule has 0 bridgehead atoms. The van der Waals surface area contributed by atoms with E-state index in [4.69, 9.17) is 0 Å². The first-order valence-electron chi connectivity index (χ1n) is 5.90. The van der Waals surface area contributed by atoms with Crippen LogP contribution in [0.15, 0.2) is 42.6 Å². The van der Waals surface area contributed by atoms with Crippen LogP contribution in [-0.4, -0.2) is 10.1 Å². The van der Waals surface area contributed by atoms with Crippen LogP contribution in [0.25, 0.3) is 10.8 Å². The highest BCUT2D eigenvalue weighted by atomic mass is 19.2. The van der Waals surface area contributed by atoms with Crippen molar-refractivity contribution in [1.82, 2.24) is 4.98 Å². The second-order valence-electron chi connectivity index (χ2n) is 4.32. The number of aromatic nitrogens is 1. The molecule has 0 amide bonds. The van der Waals surface area contributed by atoms with Gasteiger partial charge in [-0.3, -0.25) is 0 Å². The Morgan fingerprint density at radius 1 is 0.900 bits per heavy atom. The summed E-state index contributed by atoms with van der Waals surface area (Å²) in [6, 6.07) is 8.83. The van der Waals surface area contributed by atoms with E-state index in [2.05, 4.69) is 16.8 Å². The van der Waals surface area contributed by atoms with Gasteiger partial charge >= 0.3 is 0 Å². The van der Waals surface area contributed by atoms with Gasteiger partial charge in [-0.25, -0.2) is 8.78 Å². The van der Waals surface area contributed by atoms with E-state index in [0.717, 1.165) is 23.1 Å². The lowest BCUT2D eigenvalue weighted by Gasteiger charge is -1.94. The molecule has 0 spiro atoms. The van der Waals surface area contributed by atoms with E-state index in [9.17, 15) is 13.9 Å². The second-order valence-corrected chi connectivity index (χ2v) is 4.32. The van der Waals surface area contributed by atoms with Crippen LogP contribution >= 0.6 is 0 Å². The fraction of sp³-hybridized carbons (Fsp3) is 0. The molecule has 0 atom stereocenters. The number of benzene rings is 2. The first kappa shape index (κ1) is 12.2. The van der Waals surface area contributed by atoms with E-state index < -0.39 is 11.6 Å². The molecular weight excluding hydrogens is 260 g/mol. The highest BCUT2D eigenvalue weighted by Crippen LogP contribution is 2.23. The van der Waals surface area contributed by atoms with Crippen LogP contribution in [0.5, 0.6) is 5.88 Å². The molecule has 0 unspecified atom stereocenters. The topological polar surface area (TPSA) is 36.0 Å². The van der Waals surface area contributed by atoms with E-state index in [-0.39, 0.29) is 5.88 Å². The van der Waals surface area contributed by atoms with Gasteiger partial charge in [-0.15, -0.1) is 0 Å². The van der Waals surface area contributed by atoms with Gasteiger partial charge in [-0.05, 0) is 36.4 Å². The molecule has 0 aliphatic rings. The Morgan fingerprint density at radius 3 is 2.35 bits per heavy atom. The van der Waals surface area contributed by atoms with Crippen LogP contribution in [0.3, 0.4) is 0 Å². The molecular formula is C16H9F2NO. The molecule has 2 aromatic carbocycles. The Hall–Kier alpha value is -2.80. The summed E-state index contributed by atoms with van der Waals surface area (Å²) in [5.41, 5.74) is 1.13. The van der Waals surface area contributed by atoms with Gasteiger partial charge < -0.3 is 10.1 Å². The molecule has 0 fully saturated rings. The van der Waals surface area contributed by atoms with Crippen molar-refractivity contribution in [3.63, 3.8) is 0 Å². The predicted molar refractivity (Wildman–Crippen MR) is 72.3 cm³/mol. The molecule has 2 N–H and O–H groups in total. The molecule has 0 aliphatic heterocycles. The number of hydrogen-bond acceptors (Lipinski definition) is 1. The third kappa shape index (κ3) is 2.21. The molecule has 3 rings (SSSR count). The lowest BCUT2D eigenvalue weighted by atomic mass is 10.1. The number of rotatable bonds is 0. The zero-order valence-electron chi connectivity index (χ0n) is 10.2. The SMILES string of the molecule is Oc1[nH]cc2cc(C#Cc3ccc(F)c(F)c3)ccc12. The summed E-state index contributed by atoms with van der Waals surface area (Å²) in [6.45, 7) is 0. The maximum Gasteiger partial charge on any atom is 0.196 e. The van der Waals surface area contributed by atoms with Gasteiger partial charge in [0.1, 0.15) is 0 Å². The molecule has 2 nitrogen and oxygen atoms in total. The minimum absolute atomic E-state index is 0.111. The van der Waals surface area contributed by atoms with Gasteiger partial charge in [0.25, 0.3) is 0 Å². The minimum atomic E-state index is -0.914. The molecule has 1 aromatic heterocycles. The Kier molecular flexibility index (Phi) is 2.88. The maximum absolute atomic E-state index is 13.0. The third-order valence-electron chi connectivity index (χ3n) is 2.94. The van der Waals surface area contributed by atoms with Crippen molar-refractivity contribution >= 4 is 10.8 Å². The van der Waals surface area contributed by atoms with Crippen LogP contribution in [-0.2, 0) is 0 Å². The summed E-state index contributed by atoms with van der Waals surface area (Å²) in [7, 11) is 0. The highest BCUT2D eigenvalue weighted by molar-refractivity contribution is 5.88. The first-order valence-corrected chi connectivity index (χ1v) is 5.90. The van der Waals surface area contributed by atoms with Crippen molar-refractivity contribution in [2.75, 3.05) is 0 Å². The molecule has 4 heteroatoms. The number of aromatic amines is 1. The van der Waals surface area contributed by atoms with Crippen molar-refractivity contribution < 1.29 is 13.9 Å². The zero-order chi connectivity index (χ0) is 14.1. The second kappa shape index (κ2) is 4.71. The van der Waals surface area contributed by atoms with Gasteiger partial charge in [0.15, 0.2) is 17.5 Å². The van der Waals surface area contributed by atoms with Crippen molar-refractivity contribution in [2.45, 2.75) is 0 Å². The summed E-state index contributed by atoms with van der Waals surface area (Å²) in [6.07, 6.45) is 1.67. The minimum Gasteiger partial charge on any atom is -0.494 e. The van der Waals surface area contributed by atoms with E-state index in [1.54, 1.807) is 24.4 Å². The largest absolute Gasteiger partial charge is 0.494 e. The highest BCUT2D eigenvalue weighted by Gasteiger charge is 2.02. The van der Waals surface area contributed by atoms with Gasteiger partial charge in [0, 0.05) is 28.1 Å². The number of halogens is 2. The maximum atomic E-state index is 13.0. The van der Waals surface area contributed by atoms with E-state index in [1.165, 1.54) is 6.07 Å². The molecule has 20 heavy (non-hydrogen) atoms. The third-order valence-corrected chi connectivity index (χ3v) is 2.94. The summed E-state index contributed by atoms with van der Waals surface area (Å²) in [4.78, 5) is 2.71. The van der Waals surface area contributed by atoms with Crippen molar-refractivity contribution in [2.24, 2.45) is 0 Å². The average molecular weight is 269 g/mol.